The molecular formula is C22H18N6O. The van der Waals surface area contributed by atoms with Crippen molar-refractivity contribution in [3.05, 3.63) is 94.5 Å². The maximum atomic E-state index is 13.3. The number of nitrogens with two attached hydrogens (primary N) is 1. The first-order valence-electron chi connectivity index (χ1n) is 9.04. The molecule has 0 aliphatic rings. The fraction of sp³-hybridized carbons (Fsp3) is 0.0909. The van der Waals surface area contributed by atoms with Crippen molar-refractivity contribution in [3.63, 3.8) is 0 Å². The molecule has 0 aliphatic heterocycles. The highest BCUT2D eigenvalue weighted by Crippen LogP contribution is 2.33. The van der Waals surface area contributed by atoms with Crippen LogP contribution in [0.5, 0.6) is 0 Å². The van der Waals surface area contributed by atoms with E-state index >= 15 is 0 Å². The Kier molecular flexibility index (Phi) is 4.67. The Morgan fingerprint density at radius 2 is 1.90 bits per heavy atom. The van der Waals surface area contributed by atoms with Crippen LogP contribution in [0.4, 0.5) is 17.3 Å². The van der Waals surface area contributed by atoms with Gasteiger partial charge in [0, 0.05) is 17.8 Å². The topological polar surface area (TPSA) is 89.7 Å². The Bertz CT molecular complexity index is 1290. The van der Waals surface area contributed by atoms with Gasteiger partial charge < -0.3 is 11.1 Å². The van der Waals surface area contributed by atoms with Gasteiger partial charge in [-0.1, -0.05) is 36.4 Å². The maximum Gasteiger partial charge on any atom is 0.268 e. The van der Waals surface area contributed by atoms with Crippen molar-refractivity contribution in [2.24, 2.45) is 0 Å². The van der Waals surface area contributed by atoms with Crippen LogP contribution in [-0.2, 0) is 0 Å². The molecule has 3 N–H and O–H groups in total. The highest BCUT2D eigenvalue weighted by Gasteiger charge is 2.19. The average Bonchev–Trinajstić information content (AvgIpc) is 2.74. The minimum absolute atomic E-state index is 0.106. The summed E-state index contributed by atoms with van der Waals surface area (Å²) in [4.78, 5) is 24.8. The number of pyridine rings is 2. The summed E-state index contributed by atoms with van der Waals surface area (Å²) in [6.07, 6.45) is 3.07. The number of nitrogen functional groups attached to an aromatic ring is 1. The van der Waals surface area contributed by atoms with Crippen molar-refractivity contribution in [3.8, 4) is 11.1 Å². The summed E-state index contributed by atoms with van der Waals surface area (Å²) in [5.74, 6) is 0.457. The van der Waals surface area contributed by atoms with Crippen LogP contribution in [0, 0.1) is 6.57 Å². The van der Waals surface area contributed by atoms with Crippen LogP contribution < -0.4 is 16.6 Å². The molecule has 3 heterocycles. The number of anilines is 2. The lowest BCUT2D eigenvalue weighted by molar-refractivity contribution is 0.868. The quantitative estimate of drug-likeness (QED) is 0.520. The molecule has 0 radical (unpaired) electrons. The summed E-state index contributed by atoms with van der Waals surface area (Å²) >= 11 is 0. The first-order valence-corrected chi connectivity index (χ1v) is 9.04. The van der Waals surface area contributed by atoms with Gasteiger partial charge in [-0.3, -0.25) is 9.20 Å². The van der Waals surface area contributed by atoms with E-state index < -0.39 is 0 Å². The molecule has 0 fully saturated rings. The first-order chi connectivity index (χ1) is 14.1. The standard InChI is InChI=1S/C22H18N6O/c1-14(27-21-19(24-2)20(23)25-13-26-21)17-12-16-10-6-7-11-28(16)22(29)18(17)15-8-4-3-5-9-15/h3-14H,1H3,(H3,23,25,26,27)/t14-/m0/s1. The molecule has 7 nitrogen and oxygen atoms in total. The van der Waals surface area contributed by atoms with Crippen LogP contribution in [0.1, 0.15) is 18.5 Å². The molecule has 0 saturated carbocycles. The molecule has 0 aliphatic carbocycles. The van der Waals surface area contributed by atoms with Gasteiger partial charge in [-0.25, -0.2) is 14.8 Å². The van der Waals surface area contributed by atoms with Crippen LogP contribution in [-0.4, -0.2) is 14.4 Å². The number of fused-ring (bicyclic) bond motifs is 1. The van der Waals surface area contributed by atoms with Crippen LogP contribution in [0.15, 0.2) is 71.9 Å². The summed E-state index contributed by atoms with van der Waals surface area (Å²) in [6, 6.07) is 16.8. The van der Waals surface area contributed by atoms with Crippen molar-refractivity contribution in [1.29, 1.82) is 0 Å². The zero-order chi connectivity index (χ0) is 20.4. The Labute approximate surface area is 167 Å². The highest BCUT2D eigenvalue weighted by molar-refractivity contribution is 5.77. The minimum atomic E-state index is -0.307. The molecule has 3 aromatic heterocycles. The molecule has 0 spiro atoms. The fourth-order valence-corrected chi connectivity index (χ4v) is 3.36. The molecule has 4 rings (SSSR count). The second-order valence-corrected chi connectivity index (χ2v) is 6.58. The third kappa shape index (κ3) is 3.28. The van der Waals surface area contributed by atoms with Gasteiger partial charge in [0.2, 0.25) is 0 Å². The van der Waals surface area contributed by atoms with Crippen molar-refractivity contribution in [2.75, 3.05) is 11.1 Å². The monoisotopic (exact) mass is 382 g/mol. The lowest BCUT2D eigenvalue weighted by atomic mass is 9.96. The van der Waals surface area contributed by atoms with Crippen molar-refractivity contribution < 1.29 is 0 Å². The predicted octanol–water partition coefficient (Wildman–Crippen LogP) is 4.06. The molecule has 29 heavy (non-hydrogen) atoms. The third-order valence-electron chi connectivity index (χ3n) is 4.76. The van der Waals surface area contributed by atoms with Crippen LogP contribution in [0.3, 0.4) is 0 Å². The second-order valence-electron chi connectivity index (χ2n) is 6.58. The van der Waals surface area contributed by atoms with Gasteiger partial charge >= 0.3 is 0 Å². The molecule has 1 aromatic carbocycles. The Morgan fingerprint density at radius 3 is 2.66 bits per heavy atom. The highest BCUT2D eigenvalue weighted by atomic mass is 16.1. The third-order valence-corrected chi connectivity index (χ3v) is 4.76. The SMILES string of the molecule is [C-]#[N+]c1c(N)ncnc1N[C@@H](C)c1cc2ccccn2c(=O)c1-c1ccccc1. The van der Waals surface area contributed by atoms with E-state index in [9.17, 15) is 4.79 Å². The van der Waals surface area contributed by atoms with E-state index in [2.05, 4.69) is 20.1 Å². The summed E-state index contributed by atoms with van der Waals surface area (Å²) in [7, 11) is 0. The second kappa shape index (κ2) is 7.44. The molecule has 142 valence electrons. The van der Waals surface area contributed by atoms with E-state index in [4.69, 9.17) is 12.3 Å². The average molecular weight is 382 g/mol. The van der Waals surface area contributed by atoms with E-state index in [-0.39, 0.29) is 23.1 Å². The number of hydrogen-bond acceptors (Lipinski definition) is 5. The number of rotatable bonds is 4. The van der Waals surface area contributed by atoms with Crippen LogP contribution in [0.2, 0.25) is 0 Å². The number of nitrogens with one attached hydrogen (secondary N) is 1. The lowest BCUT2D eigenvalue weighted by Gasteiger charge is -2.20. The zero-order valence-electron chi connectivity index (χ0n) is 15.7. The summed E-state index contributed by atoms with van der Waals surface area (Å²) in [5.41, 5.74) is 8.88. The van der Waals surface area contributed by atoms with Gasteiger partial charge in [-0.05, 0) is 36.2 Å². The first kappa shape index (κ1) is 18.2. The molecule has 0 unspecified atom stereocenters. The van der Waals surface area contributed by atoms with Crippen molar-refractivity contribution in [1.82, 2.24) is 14.4 Å². The molecule has 0 saturated heterocycles. The van der Waals surface area contributed by atoms with Crippen molar-refractivity contribution >= 4 is 22.8 Å². The van der Waals surface area contributed by atoms with Gasteiger partial charge in [-0.15, -0.1) is 0 Å². The molecule has 4 aromatic rings. The van der Waals surface area contributed by atoms with Crippen LogP contribution in [0.25, 0.3) is 21.5 Å². The number of nitrogens with zero attached hydrogens (tertiary/aromatic N) is 4. The Hall–Kier alpha value is -4.18. The number of aromatic nitrogens is 3. The van der Waals surface area contributed by atoms with Crippen LogP contribution >= 0.6 is 0 Å². The van der Waals surface area contributed by atoms with E-state index in [1.165, 1.54) is 6.33 Å². The fourth-order valence-electron chi connectivity index (χ4n) is 3.36. The number of hydrogen-bond donors (Lipinski definition) is 2. The summed E-state index contributed by atoms with van der Waals surface area (Å²) in [5, 5.41) is 3.23. The minimum Gasteiger partial charge on any atom is -0.392 e. The Morgan fingerprint density at radius 1 is 1.14 bits per heavy atom. The predicted molar refractivity (Wildman–Crippen MR) is 114 cm³/mol. The molecule has 7 heteroatoms. The van der Waals surface area contributed by atoms with Gasteiger partial charge in [0.25, 0.3) is 11.2 Å². The lowest BCUT2D eigenvalue weighted by Crippen LogP contribution is -2.21. The van der Waals surface area contributed by atoms with Gasteiger partial charge in [-0.2, -0.15) is 0 Å². The molecule has 0 amide bonds. The summed E-state index contributed by atoms with van der Waals surface area (Å²) < 4.78 is 1.63. The van der Waals surface area contributed by atoms with Gasteiger partial charge in [0.15, 0.2) is 0 Å². The normalized spacial score (nSPS) is 11.7. The maximum absolute atomic E-state index is 13.3. The van der Waals surface area contributed by atoms with Crippen molar-refractivity contribution in [2.45, 2.75) is 13.0 Å². The zero-order valence-corrected chi connectivity index (χ0v) is 15.7. The van der Waals surface area contributed by atoms with E-state index in [0.29, 0.717) is 11.4 Å². The van der Waals surface area contributed by atoms with E-state index in [1.54, 1.807) is 10.6 Å². The Balaban J connectivity index is 1.90. The van der Waals surface area contributed by atoms with Gasteiger partial charge in [0.1, 0.15) is 18.0 Å². The summed E-state index contributed by atoms with van der Waals surface area (Å²) in [6.45, 7) is 9.29. The van der Waals surface area contributed by atoms with E-state index in [0.717, 1.165) is 16.6 Å². The largest absolute Gasteiger partial charge is 0.392 e. The van der Waals surface area contributed by atoms with Gasteiger partial charge in [0.05, 0.1) is 12.1 Å². The molecule has 1 atom stereocenters. The smallest absolute Gasteiger partial charge is 0.268 e. The number of benzene rings is 1. The molecule has 0 bridgehead atoms. The van der Waals surface area contributed by atoms with E-state index in [1.807, 2.05) is 61.5 Å². The molecular weight excluding hydrogens is 364 g/mol.